The molecule has 1 aromatic carbocycles. The second-order valence-electron chi connectivity index (χ2n) is 7.12. The van der Waals surface area contributed by atoms with Gasteiger partial charge in [0, 0.05) is 49.1 Å². The normalized spacial score (nSPS) is 11.4. The maximum Gasteiger partial charge on any atom is 0.345 e. The Balaban J connectivity index is 1.59. The van der Waals surface area contributed by atoms with E-state index in [1.807, 2.05) is 21.5 Å². The highest BCUT2D eigenvalue weighted by atomic mass is 32.1. The number of carboxylic acids is 1. The zero-order valence-corrected chi connectivity index (χ0v) is 17.1. The lowest BCUT2D eigenvalue weighted by molar-refractivity contribution is 0.0702. The quantitative estimate of drug-likeness (QED) is 0.442. The van der Waals surface area contributed by atoms with Gasteiger partial charge in [0.05, 0.1) is 28.6 Å². The zero-order valence-electron chi connectivity index (χ0n) is 16.3. The van der Waals surface area contributed by atoms with Gasteiger partial charge in [0.15, 0.2) is 0 Å². The molecular formula is C22H19N5O2S. The minimum Gasteiger partial charge on any atom is -0.477 e. The van der Waals surface area contributed by atoms with Crippen molar-refractivity contribution in [1.29, 1.82) is 0 Å². The van der Waals surface area contributed by atoms with Crippen molar-refractivity contribution in [1.82, 2.24) is 23.7 Å². The van der Waals surface area contributed by atoms with Gasteiger partial charge in [-0.05, 0) is 36.8 Å². The van der Waals surface area contributed by atoms with Gasteiger partial charge in [-0.2, -0.15) is 0 Å². The number of fused-ring (bicyclic) bond motifs is 1. The number of hydrogen-bond donors (Lipinski definition) is 1. The lowest BCUT2D eigenvalue weighted by atomic mass is 10.0. The van der Waals surface area contributed by atoms with Gasteiger partial charge in [0.25, 0.3) is 0 Å². The van der Waals surface area contributed by atoms with Crippen molar-refractivity contribution in [2.45, 2.75) is 20.0 Å². The van der Waals surface area contributed by atoms with Gasteiger partial charge < -0.3 is 18.8 Å². The maximum atomic E-state index is 11.5. The van der Waals surface area contributed by atoms with Crippen molar-refractivity contribution in [3.05, 3.63) is 78.2 Å². The van der Waals surface area contributed by atoms with Crippen molar-refractivity contribution in [2.75, 3.05) is 0 Å². The van der Waals surface area contributed by atoms with Crippen molar-refractivity contribution in [3.63, 3.8) is 0 Å². The van der Waals surface area contributed by atoms with Crippen molar-refractivity contribution in [3.8, 4) is 16.9 Å². The third kappa shape index (κ3) is 3.21. The number of benzene rings is 1. The number of aryl methyl sites for hydroxylation is 3. The van der Waals surface area contributed by atoms with E-state index in [0.717, 1.165) is 39.3 Å². The fourth-order valence-electron chi connectivity index (χ4n) is 3.75. The summed E-state index contributed by atoms with van der Waals surface area (Å²) in [5.41, 5.74) is 5.37. The molecule has 0 unspecified atom stereocenters. The summed E-state index contributed by atoms with van der Waals surface area (Å²) in [6.07, 6.45) is 11.0. The molecule has 4 aromatic heterocycles. The van der Waals surface area contributed by atoms with E-state index < -0.39 is 5.97 Å². The Hall–Kier alpha value is -3.65. The number of aromatic nitrogens is 5. The van der Waals surface area contributed by atoms with E-state index in [1.54, 1.807) is 31.1 Å². The summed E-state index contributed by atoms with van der Waals surface area (Å²) >= 11 is 1.31. The first-order chi connectivity index (χ1) is 14.6. The van der Waals surface area contributed by atoms with E-state index >= 15 is 0 Å². The Labute approximate surface area is 176 Å². The fraction of sp³-hybridized carbons (Fsp3) is 0.136. The lowest BCUT2D eigenvalue weighted by Crippen LogP contribution is -2.07. The number of carboxylic acid groups (broad SMARTS) is 1. The number of carbonyl (C=O) groups is 1. The van der Waals surface area contributed by atoms with Crippen LogP contribution in [0.3, 0.4) is 0 Å². The van der Waals surface area contributed by atoms with Crippen LogP contribution in [0, 0.1) is 6.92 Å². The van der Waals surface area contributed by atoms with Crippen LogP contribution in [0.4, 0.5) is 0 Å². The summed E-state index contributed by atoms with van der Waals surface area (Å²) < 4.78 is 7.19. The lowest BCUT2D eigenvalue weighted by Gasteiger charge is -2.14. The molecule has 1 N–H and O–H groups in total. The third-order valence-electron chi connectivity index (χ3n) is 5.23. The summed E-state index contributed by atoms with van der Waals surface area (Å²) in [6, 6.07) is 10.2. The highest BCUT2D eigenvalue weighted by Crippen LogP contribution is 2.35. The predicted molar refractivity (Wildman–Crippen MR) is 116 cm³/mol. The summed E-state index contributed by atoms with van der Waals surface area (Å²) in [5, 5.41) is 9.41. The van der Waals surface area contributed by atoms with E-state index in [2.05, 4.69) is 45.7 Å². The van der Waals surface area contributed by atoms with Crippen LogP contribution in [0.25, 0.3) is 27.2 Å². The van der Waals surface area contributed by atoms with Crippen molar-refractivity contribution < 1.29 is 9.90 Å². The Kier molecular flexibility index (Phi) is 4.48. The van der Waals surface area contributed by atoms with Crippen LogP contribution in [0.2, 0.25) is 0 Å². The first-order valence-corrected chi connectivity index (χ1v) is 10.3. The van der Waals surface area contributed by atoms with Crippen LogP contribution in [-0.4, -0.2) is 34.7 Å². The number of nitrogens with zero attached hydrogens (tertiary/aromatic N) is 5. The second-order valence-corrected chi connectivity index (χ2v) is 8.20. The molecule has 0 amide bonds. The smallest absolute Gasteiger partial charge is 0.345 e. The van der Waals surface area contributed by atoms with E-state index in [9.17, 15) is 9.90 Å². The van der Waals surface area contributed by atoms with Crippen LogP contribution in [0.5, 0.6) is 0 Å². The molecule has 0 saturated carbocycles. The molecule has 7 nitrogen and oxygen atoms in total. The zero-order chi connectivity index (χ0) is 20.7. The second kappa shape index (κ2) is 7.31. The Morgan fingerprint density at radius 3 is 2.60 bits per heavy atom. The van der Waals surface area contributed by atoms with Crippen molar-refractivity contribution in [2.24, 2.45) is 0 Å². The number of hydrogen-bond acceptors (Lipinski definition) is 4. The van der Waals surface area contributed by atoms with E-state index in [-0.39, 0.29) is 0 Å². The number of thiophene rings is 1. The first-order valence-electron chi connectivity index (χ1n) is 9.51. The minimum absolute atomic E-state index is 0.357. The van der Waals surface area contributed by atoms with Crippen LogP contribution in [0.1, 0.15) is 15.2 Å². The Morgan fingerprint density at radius 1 is 1.07 bits per heavy atom. The van der Waals surface area contributed by atoms with Crippen LogP contribution >= 0.6 is 11.3 Å². The maximum absolute atomic E-state index is 11.5. The first kappa shape index (κ1) is 18.4. The van der Waals surface area contributed by atoms with Crippen LogP contribution in [0.15, 0.2) is 67.8 Å². The molecule has 0 saturated heterocycles. The highest BCUT2D eigenvalue weighted by molar-refractivity contribution is 7.20. The summed E-state index contributed by atoms with van der Waals surface area (Å²) in [6.45, 7) is 3.56. The predicted octanol–water partition coefficient (Wildman–Crippen LogP) is 4.46. The summed E-state index contributed by atoms with van der Waals surface area (Å²) in [5.74, 6) is -0.889. The average molecular weight is 417 g/mol. The summed E-state index contributed by atoms with van der Waals surface area (Å²) in [7, 11) is 0. The highest BCUT2D eigenvalue weighted by Gasteiger charge is 2.18. The molecule has 0 aliphatic rings. The largest absolute Gasteiger partial charge is 0.477 e. The van der Waals surface area contributed by atoms with Crippen LogP contribution < -0.4 is 0 Å². The standard InChI is InChI=1S/C22H19N5O2S/c1-15-10-16(26-7-5-24-14-26)2-3-17(15)18-11-20-19(12-21(30-20)22(28)29)27(18)9-8-25-6-4-23-13-25/h2-7,10-14H,8-9H2,1H3,(H,28,29). The van der Waals surface area contributed by atoms with Gasteiger partial charge in [-0.15, -0.1) is 11.3 Å². The third-order valence-corrected chi connectivity index (χ3v) is 6.29. The monoisotopic (exact) mass is 417 g/mol. The molecule has 0 bridgehead atoms. The van der Waals surface area contributed by atoms with Gasteiger partial charge in [0.1, 0.15) is 4.88 Å². The molecule has 4 heterocycles. The Bertz CT molecular complexity index is 1330. The van der Waals surface area contributed by atoms with Gasteiger partial charge in [-0.3, -0.25) is 0 Å². The molecule has 0 atom stereocenters. The number of rotatable bonds is 6. The number of aromatic carboxylic acids is 1. The average Bonchev–Trinajstić information content (AvgIpc) is 3.50. The van der Waals surface area contributed by atoms with E-state index in [1.165, 1.54) is 11.3 Å². The van der Waals surface area contributed by atoms with Gasteiger partial charge in [-0.1, -0.05) is 6.07 Å². The van der Waals surface area contributed by atoms with E-state index in [0.29, 0.717) is 11.4 Å². The molecule has 5 aromatic rings. The molecular weight excluding hydrogens is 398 g/mol. The molecule has 0 radical (unpaired) electrons. The van der Waals surface area contributed by atoms with Crippen LogP contribution in [-0.2, 0) is 13.1 Å². The van der Waals surface area contributed by atoms with Gasteiger partial charge >= 0.3 is 5.97 Å². The van der Waals surface area contributed by atoms with Gasteiger partial charge in [-0.25, -0.2) is 14.8 Å². The van der Waals surface area contributed by atoms with E-state index in [4.69, 9.17) is 0 Å². The Morgan fingerprint density at radius 2 is 1.90 bits per heavy atom. The minimum atomic E-state index is -0.889. The molecule has 150 valence electrons. The SMILES string of the molecule is Cc1cc(-n2ccnc2)ccc1-c1cc2sc(C(=O)O)cc2n1CCn1ccnc1. The topological polar surface area (TPSA) is 77.9 Å². The number of imidazole rings is 2. The molecule has 0 spiro atoms. The molecule has 8 heteroatoms. The summed E-state index contributed by atoms with van der Waals surface area (Å²) in [4.78, 5) is 20.1. The molecule has 0 fully saturated rings. The molecule has 30 heavy (non-hydrogen) atoms. The molecule has 0 aliphatic carbocycles. The molecule has 5 rings (SSSR count). The van der Waals surface area contributed by atoms with Crippen molar-refractivity contribution >= 4 is 27.5 Å². The van der Waals surface area contributed by atoms with Gasteiger partial charge in [0.2, 0.25) is 0 Å². The molecule has 0 aliphatic heterocycles. The fourth-order valence-corrected chi connectivity index (χ4v) is 4.69.